The molecule has 6 heteroatoms. The highest BCUT2D eigenvalue weighted by Crippen LogP contribution is 2.24. The molecule has 0 radical (unpaired) electrons. The molecule has 2 N–H and O–H groups in total. The molecular weight excluding hydrogens is 251 g/mol. The zero-order valence-corrected chi connectivity index (χ0v) is 10.5. The van der Waals surface area contributed by atoms with E-state index in [-0.39, 0.29) is 23.3 Å². The topological polar surface area (TPSA) is 69.6 Å². The first-order valence-corrected chi connectivity index (χ1v) is 6.05. The quantitative estimate of drug-likeness (QED) is 0.883. The van der Waals surface area contributed by atoms with Gasteiger partial charge in [0, 0.05) is 13.1 Å². The zero-order valence-electron chi connectivity index (χ0n) is 10.5. The minimum Gasteiger partial charge on any atom is -0.478 e. The molecule has 2 rings (SSSR count). The third-order valence-corrected chi connectivity index (χ3v) is 3.40. The van der Waals surface area contributed by atoms with E-state index in [1.807, 2.05) is 0 Å². The van der Waals surface area contributed by atoms with E-state index < -0.39 is 11.8 Å². The number of hydrogen-bond acceptors (Lipinski definition) is 2. The third kappa shape index (κ3) is 2.83. The van der Waals surface area contributed by atoms with E-state index >= 15 is 0 Å². The molecule has 1 saturated carbocycles. The van der Waals surface area contributed by atoms with Gasteiger partial charge >= 0.3 is 12.0 Å². The molecule has 0 saturated heterocycles. The Hall–Kier alpha value is -2.11. The van der Waals surface area contributed by atoms with Crippen LogP contribution in [0.4, 0.5) is 14.9 Å². The summed E-state index contributed by atoms with van der Waals surface area (Å²) in [5.74, 6) is -1.96. The first-order chi connectivity index (χ1) is 8.99. The van der Waals surface area contributed by atoms with Crippen molar-refractivity contribution in [2.75, 3.05) is 12.4 Å². The number of benzene rings is 1. The van der Waals surface area contributed by atoms with Crippen LogP contribution in [-0.4, -0.2) is 35.1 Å². The Kier molecular flexibility index (Phi) is 3.69. The lowest BCUT2D eigenvalue weighted by molar-refractivity contribution is 0.0696. The molecular formula is C13H15FN2O3. The lowest BCUT2D eigenvalue weighted by Gasteiger charge is -2.34. The fraction of sp³-hybridized carbons (Fsp3) is 0.385. The summed E-state index contributed by atoms with van der Waals surface area (Å²) in [6.45, 7) is 0. The fourth-order valence-corrected chi connectivity index (χ4v) is 1.89. The number of hydrogen-bond donors (Lipinski definition) is 2. The van der Waals surface area contributed by atoms with Crippen LogP contribution < -0.4 is 5.32 Å². The zero-order chi connectivity index (χ0) is 14.0. The van der Waals surface area contributed by atoms with Gasteiger partial charge in [-0.05, 0) is 37.5 Å². The van der Waals surface area contributed by atoms with E-state index in [1.165, 1.54) is 12.1 Å². The summed E-state index contributed by atoms with van der Waals surface area (Å²) in [5.41, 5.74) is -0.163. The summed E-state index contributed by atoms with van der Waals surface area (Å²) in [5, 5.41) is 11.2. The van der Waals surface area contributed by atoms with Crippen LogP contribution in [0, 0.1) is 5.82 Å². The van der Waals surface area contributed by atoms with Crippen molar-refractivity contribution in [2.45, 2.75) is 25.3 Å². The molecule has 0 atom stereocenters. The smallest absolute Gasteiger partial charge is 0.335 e. The van der Waals surface area contributed by atoms with Crippen molar-refractivity contribution >= 4 is 17.7 Å². The highest BCUT2D eigenvalue weighted by molar-refractivity contribution is 5.91. The van der Waals surface area contributed by atoms with Gasteiger partial charge in [-0.15, -0.1) is 0 Å². The lowest BCUT2D eigenvalue weighted by Crippen LogP contribution is -2.43. The molecule has 1 aromatic rings. The highest BCUT2D eigenvalue weighted by Gasteiger charge is 2.26. The summed E-state index contributed by atoms with van der Waals surface area (Å²) in [6.07, 6.45) is 3.03. The van der Waals surface area contributed by atoms with E-state index in [2.05, 4.69) is 5.32 Å². The van der Waals surface area contributed by atoms with Crippen LogP contribution in [0.15, 0.2) is 18.2 Å². The van der Waals surface area contributed by atoms with Crippen LogP contribution in [-0.2, 0) is 0 Å². The van der Waals surface area contributed by atoms with Crippen molar-refractivity contribution < 1.29 is 19.1 Å². The van der Waals surface area contributed by atoms with Gasteiger partial charge in [0.25, 0.3) is 0 Å². The molecule has 0 heterocycles. The second-order valence-corrected chi connectivity index (χ2v) is 4.63. The highest BCUT2D eigenvalue weighted by atomic mass is 19.1. The number of amides is 2. The second-order valence-electron chi connectivity index (χ2n) is 4.63. The Bertz CT molecular complexity index is 515. The standard InChI is InChI=1S/C13H15FN2O3/c1-16(9-3-2-4-9)13(19)15-11-6-5-8(12(17)18)7-10(11)14/h5-7,9H,2-4H2,1H3,(H,15,19)(H,17,18). The Balaban J connectivity index is 2.06. The monoisotopic (exact) mass is 266 g/mol. The molecule has 0 unspecified atom stereocenters. The first kappa shape index (κ1) is 13.3. The van der Waals surface area contributed by atoms with Gasteiger partial charge in [0.05, 0.1) is 11.3 Å². The van der Waals surface area contributed by atoms with Gasteiger partial charge in [-0.25, -0.2) is 14.0 Å². The number of rotatable bonds is 3. The molecule has 2 amide bonds. The van der Waals surface area contributed by atoms with Crippen LogP contribution in [0.3, 0.4) is 0 Å². The summed E-state index contributed by atoms with van der Waals surface area (Å²) in [6, 6.07) is 3.23. The number of carbonyl (C=O) groups is 2. The molecule has 0 bridgehead atoms. The molecule has 1 aliphatic carbocycles. The number of anilines is 1. The summed E-state index contributed by atoms with van der Waals surface area (Å²) < 4.78 is 13.6. The maximum absolute atomic E-state index is 13.6. The largest absolute Gasteiger partial charge is 0.478 e. The predicted octanol–water partition coefficient (Wildman–Crippen LogP) is 2.54. The maximum atomic E-state index is 13.6. The van der Waals surface area contributed by atoms with Crippen molar-refractivity contribution in [2.24, 2.45) is 0 Å². The average molecular weight is 266 g/mol. The van der Waals surface area contributed by atoms with Crippen LogP contribution in [0.1, 0.15) is 29.6 Å². The van der Waals surface area contributed by atoms with Crippen molar-refractivity contribution in [3.63, 3.8) is 0 Å². The number of aromatic carboxylic acids is 1. The fourth-order valence-electron chi connectivity index (χ4n) is 1.89. The third-order valence-electron chi connectivity index (χ3n) is 3.40. The van der Waals surface area contributed by atoms with Gasteiger partial charge in [-0.2, -0.15) is 0 Å². The number of nitrogens with zero attached hydrogens (tertiary/aromatic N) is 1. The van der Waals surface area contributed by atoms with Gasteiger partial charge in [-0.3, -0.25) is 0 Å². The Morgan fingerprint density at radius 3 is 2.58 bits per heavy atom. The molecule has 0 aromatic heterocycles. The minimum absolute atomic E-state index is 0.0128. The molecule has 5 nitrogen and oxygen atoms in total. The van der Waals surface area contributed by atoms with Crippen LogP contribution in [0.2, 0.25) is 0 Å². The van der Waals surface area contributed by atoms with Crippen molar-refractivity contribution in [1.29, 1.82) is 0 Å². The number of carboxylic acids is 1. The average Bonchev–Trinajstić information content (AvgIpc) is 2.29. The van der Waals surface area contributed by atoms with E-state index in [0.717, 1.165) is 25.3 Å². The second kappa shape index (κ2) is 5.26. The summed E-state index contributed by atoms with van der Waals surface area (Å²) in [7, 11) is 1.67. The van der Waals surface area contributed by atoms with E-state index in [4.69, 9.17) is 5.11 Å². The molecule has 0 aliphatic heterocycles. The first-order valence-electron chi connectivity index (χ1n) is 6.05. The molecule has 102 valence electrons. The van der Waals surface area contributed by atoms with Gasteiger partial charge in [0.1, 0.15) is 5.82 Å². The number of nitrogens with one attached hydrogen (secondary N) is 1. The predicted molar refractivity (Wildman–Crippen MR) is 67.8 cm³/mol. The molecule has 1 fully saturated rings. The Morgan fingerprint density at radius 2 is 2.11 bits per heavy atom. The van der Waals surface area contributed by atoms with E-state index in [9.17, 15) is 14.0 Å². The van der Waals surface area contributed by atoms with Gasteiger partial charge in [-0.1, -0.05) is 0 Å². The number of carboxylic acid groups (broad SMARTS) is 1. The van der Waals surface area contributed by atoms with E-state index in [1.54, 1.807) is 11.9 Å². The molecule has 0 spiro atoms. The Morgan fingerprint density at radius 1 is 1.42 bits per heavy atom. The van der Waals surface area contributed by atoms with E-state index in [0.29, 0.717) is 0 Å². The lowest BCUT2D eigenvalue weighted by atomic mass is 9.92. The summed E-state index contributed by atoms with van der Waals surface area (Å²) in [4.78, 5) is 24.1. The molecule has 19 heavy (non-hydrogen) atoms. The van der Waals surface area contributed by atoms with Crippen molar-refractivity contribution in [3.05, 3.63) is 29.6 Å². The van der Waals surface area contributed by atoms with Gasteiger partial charge in [0.2, 0.25) is 0 Å². The normalized spacial score (nSPS) is 14.6. The van der Waals surface area contributed by atoms with Gasteiger partial charge in [0.15, 0.2) is 0 Å². The van der Waals surface area contributed by atoms with Crippen LogP contribution in [0.5, 0.6) is 0 Å². The Labute approximate surface area is 110 Å². The molecule has 1 aliphatic rings. The maximum Gasteiger partial charge on any atom is 0.335 e. The summed E-state index contributed by atoms with van der Waals surface area (Å²) >= 11 is 0. The number of halogens is 1. The van der Waals surface area contributed by atoms with Crippen LogP contribution >= 0.6 is 0 Å². The minimum atomic E-state index is -1.21. The van der Waals surface area contributed by atoms with Gasteiger partial charge < -0.3 is 15.3 Å². The number of carbonyl (C=O) groups excluding carboxylic acids is 1. The van der Waals surface area contributed by atoms with Crippen molar-refractivity contribution in [3.8, 4) is 0 Å². The van der Waals surface area contributed by atoms with Crippen molar-refractivity contribution in [1.82, 2.24) is 4.90 Å². The molecule has 1 aromatic carbocycles. The SMILES string of the molecule is CN(C(=O)Nc1ccc(C(=O)O)cc1F)C1CCC1. The number of urea groups is 1. The van der Waals surface area contributed by atoms with Crippen LogP contribution in [0.25, 0.3) is 0 Å².